The lowest BCUT2D eigenvalue weighted by Crippen LogP contribution is -1.95. The van der Waals surface area contributed by atoms with Gasteiger partial charge >= 0.3 is 0 Å². The standard InChI is InChI=1S/C15H17BrN2/c1-9-6-12(4-5-14(9)17)18-13-7-10(2)15(16)11(3)8-13/h4-8,18H,17H2,1-3H3. The number of benzene rings is 2. The van der Waals surface area contributed by atoms with Crippen LogP contribution in [0.15, 0.2) is 34.8 Å². The van der Waals surface area contributed by atoms with Gasteiger partial charge in [-0.15, -0.1) is 0 Å². The number of nitrogen functional groups attached to an aromatic ring is 1. The number of nitrogens with one attached hydrogen (secondary N) is 1. The molecule has 0 saturated heterocycles. The van der Waals surface area contributed by atoms with Crippen LogP contribution in [-0.2, 0) is 0 Å². The number of halogens is 1. The fraction of sp³-hybridized carbons (Fsp3) is 0.200. The number of hydrogen-bond acceptors (Lipinski definition) is 2. The van der Waals surface area contributed by atoms with Gasteiger partial charge < -0.3 is 11.1 Å². The molecule has 0 bridgehead atoms. The Morgan fingerprint density at radius 1 is 0.889 bits per heavy atom. The summed E-state index contributed by atoms with van der Waals surface area (Å²) in [6.45, 7) is 6.20. The summed E-state index contributed by atoms with van der Waals surface area (Å²) in [6.07, 6.45) is 0. The van der Waals surface area contributed by atoms with Crippen LogP contribution in [0.2, 0.25) is 0 Å². The van der Waals surface area contributed by atoms with Crippen molar-refractivity contribution < 1.29 is 0 Å². The molecule has 2 rings (SSSR count). The van der Waals surface area contributed by atoms with Crippen LogP contribution in [0.5, 0.6) is 0 Å². The zero-order valence-electron chi connectivity index (χ0n) is 10.8. The molecule has 0 aromatic heterocycles. The first-order valence-corrected chi connectivity index (χ1v) is 6.66. The van der Waals surface area contributed by atoms with Gasteiger partial charge in [-0.05, 0) is 67.8 Å². The SMILES string of the molecule is Cc1cc(Nc2cc(C)c(Br)c(C)c2)ccc1N. The van der Waals surface area contributed by atoms with E-state index < -0.39 is 0 Å². The number of anilines is 3. The van der Waals surface area contributed by atoms with E-state index >= 15 is 0 Å². The molecule has 0 aliphatic rings. The van der Waals surface area contributed by atoms with Crippen molar-refractivity contribution in [1.82, 2.24) is 0 Å². The molecule has 2 aromatic rings. The fourth-order valence-corrected chi connectivity index (χ4v) is 2.17. The van der Waals surface area contributed by atoms with Gasteiger partial charge in [0.1, 0.15) is 0 Å². The van der Waals surface area contributed by atoms with Crippen LogP contribution in [0.3, 0.4) is 0 Å². The summed E-state index contributed by atoms with van der Waals surface area (Å²) >= 11 is 3.58. The van der Waals surface area contributed by atoms with E-state index in [9.17, 15) is 0 Å². The average molecular weight is 305 g/mol. The first-order chi connectivity index (χ1) is 8.47. The van der Waals surface area contributed by atoms with Crippen LogP contribution < -0.4 is 11.1 Å². The molecule has 94 valence electrons. The maximum Gasteiger partial charge on any atom is 0.0390 e. The Labute approximate surface area is 116 Å². The molecule has 0 aliphatic carbocycles. The summed E-state index contributed by atoms with van der Waals surface area (Å²) in [5, 5.41) is 3.40. The lowest BCUT2D eigenvalue weighted by molar-refractivity contribution is 1.33. The van der Waals surface area contributed by atoms with Crippen LogP contribution in [-0.4, -0.2) is 0 Å². The van der Waals surface area contributed by atoms with Gasteiger partial charge in [-0.2, -0.15) is 0 Å². The van der Waals surface area contributed by atoms with Crippen molar-refractivity contribution in [2.75, 3.05) is 11.1 Å². The van der Waals surface area contributed by atoms with Gasteiger partial charge in [-0.25, -0.2) is 0 Å². The third-order valence-electron chi connectivity index (χ3n) is 2.99. The Morgan fingerprint density at radius 2 is 1.44 bits per heavy atom. The number of nitrogens with two attached hydrogens (primary N) is 1. The minimum absolute atomic E-state index is 0.823. The molecule has 0 aliphatic heterocycles. The Bertz CT molecular complexity index is 568. The van der Waals surface area contributed by atoms with Crippen LogP contribution in [0.25, 0.3) is 0 Å². The zero-order chi connectivity index (χ0) is 13.3. The van der Waals surface area contributed by atoms with E-state index in [0.29, 0.717) is 0 Å². The maximum absolute atomic E-state index is 5.82. The minimum atomic E-state index is 0.823. The van der Waals surface area contributed by atoms with Crippen LogP contribution >= 0.6 is 15.9 Å². The summed E-state index contributed by atoms with van der Waals surface area (Å²) in [6, 6.07) is 10.2. The van der Waals surface area contributed by atoms with Crippen molar-refractivity contribution in [1.29, 1.82) is 0 Å². The van der Waals surface area contributed by atoms with Gasteiger partial charge in [0, 0.05) is 21.5 Å². The van der Waals surface area contributed by atoms with Crippen LogP contribution in [0, 0.1) is 20.8 Å². The molecular weight excluding hydrogens is 288 g/mol. The number of hydrogen-bond donors (Lipinski definition) is 2. The monoisotopic (exact) mass is 304 g/mol. The second-order valence-electron chi connectivity index (χ2n) is 4.62. The lowest BCUT2D eigenvalue weighted by atomic mass is 10.1. The van der Waals surface area contributed by atoms with E-state index in [0.717, 1.165) is 22.6 Å². The van der Waals surface area contributed by atoms with Gasteiger partial charge in [-0.1, -0.05) is 15.9 Å². The van der Waals surface area contributed by atoms with Gasteiger partial charge in [0.25, 0.3) is 0 Å². The van der Waals surface area contributed by atoms with Gasteiger partial charge in [0.05, 0.1) is 0 Å². The first kappa shape index (κ1) is 13.0. The lowest BCUT2D eigenvalue weighted by Gasteiger charge is -2.12. The van der Waals surface area contributed by atoms with Crippen LogP contribution in [0.1, 0.15) is 16.7 Å². The Hall–Kier alpha value is -1.48. The van der Waals surface area contributed by atoms with E-state index in [1.165, 1.54) is 15.6 Å². The molecule has 18 heavy (non-hydrogen) atoms. The summed E-state index contributed by atoms with van der Waals surface area (Å²) in [4.78, 5) is 0. The highest BCUT2D eigenvalue weighted by atomic mass is 79.9. The zero-order valence-corrected chi connectivity index (χ0v) is 12.4. The normalized spacial score (nSPS) is 10.4. The molecule has 0 radical (unpaired) electrons. The van der Waals surface area contributed by atoms with E-state index in [4.69, 9.17) is 5.73 Å². The second-order valence-corrected chi connectivity index (χ2v) is 5.41. The van der Waals surface area contributed by atoms with Crippen molar-refractivity contribution in [2.45, 2.75) is 20.8 Å². The highest BCUT2D eigenvalue weighted by molar-refractivity contribution is 9.10. The first-order valence-electron chi connectivity index (χ1n) is 5.87. The second kappa shape index (κ2) is 5.02. The average Bonchev–Trinajstić information content (AvgIpc) is 2.31. The number of aryl methyl sites for hydroxylation is 3. The van der Waals surface area contributed by atoms with E-state index in [1.807, 2.05) is 19.1 Å². The largest absolute Gasteiger partial charge is 0.399 e. The van der Waals surface area contributed by atoms with Crippen molar-refractivity contribution in [3.8, 4) is 0 Å². The van der Waals surface area contributed by atoms with Crippen molar-refractivity contribution in [3.05, 3.63) is 51.5 Å². The molecule has 2 nitrogen and oxygen atoms in total. The van der Waals surface area contributed by atoms with E-state index in [-0.39, 0.29) is 0 Å². The molecule has 0 amide bonds. The third-order valence-corrected chi connectivity index (χ3v) is 4.25. The van der Waals surface area contributed by atoms with Crippen LogP contribution in [0.4, 0.5) is 17.1 Å². The Balaban J connectivity index is 2.31. The molecule has 0 fully saturated rings. The molecule has 0 atom stereocenters. The molecule has 3 N–H and O–H groups in total. The fourth-order valence-electron chi connectivity index (χ4n) is 1.94. The van der Waals surface area contributed by atoms with Gasteiger partial charge in [0.2, 0.25) is 0 Å². The molecule has 0 heterocycles. The maximum atomic E-state index is 5.82. The molecule has 0 spiro atoms. The Kier molecular flexibility index (Phi) is 3.62. The van der Waals surface area contributed by atoms with Crippen molar-refractivity contribution >= 4 is 33.0 Å². The summed E-state index contributed by atoms with van der Waals surface area (Å²) in [5.41, 5.74) is 12.3. The molecule has 0 unspecified atom stereocenters. The predicted octanol–water partition coefficient (Wildman–Crippen LogP) is 4.70. The highest BCUT2D eigenvalue weighted by Crippen LogP contribution is 2.27. The molecule has 3 heteroatoms. The van der Waals surface area contributed by atoms with Gasteiger partial charge in [-0.3, -0.25) is 0 Å². The van der Waals surface area contributed by atoms with E-state index in [2.05, 4.69) is 53.3 Å². The topological polar surface area (TPSA) is 38.0 Å². The summed E-state index contributed by atoms with van der Waals surface area (Å²) < 4.78 is 1.17. The molecular formula is C15H17BrN2. The van der Waals surface area contributed by atoms with E-state index in [1.54, 1.807) is 0 Å². The van der Waals surface area contributed by atoms with Gasteiger partial charge in [0.15, 0.2) is 0 Å². The third kappa shape index (κ3) is 2.67. The number of rotatable bonds is 2. The highest BCUT2D eigenvalue weighted by Gasteiger charge is 2.03. The summed E-state index contributed by atoms with van der Waals surface area (Å²) in [5.74, 6) is 0. The Morgan fingerprint density at radius 3 is 2.00 bits per heavy atom. The molecule has 0 saturated carbocycles. The van der Waals surface area contributed by atoms with Crippen molar-refractivity contribution in [2.24, 2.45) is 0 Å². The predicted molar refractivity (Wildman–Crippen MR) is 82.5 cm³/mol. The quantitative estimate of drug-likeness (QED) is 0.789. The smallest absolute Gasteiger partial charge is 0.0390 e. The summed E-state index contributed by atoms with van der Waals surface area (Å²) in [7, 11) is 0. The minimum Gasteiger partial charge on any atom is -0.399 e. The molecule has 2 aromatic carbocycles. The van der Waals surface area contributed by atoms with Crippen molar-refractivity contribution in [3.63, 3.8) is 0 Å².